The normalized spacial score (nSPS) is 19.5. The van der Waals surface area contributed by atoms with Crippen molar-refractivity contribution in [1.29, 1.82) is 0 Å². The highest BCUT2D eigenvalue weighted by Crippen LogP contribution is 2.21. The lowest BCUT2D eigenvalue weighted by molar-refractivity contribution is -0.142. The molecule has 5 heteroatoms. The summed E-state index contributed by atoms with van der Waals surface area (Å²) in [4.78, 5) is 13.1. The van der Waals surface area contributed by atoms with Crippen molar-refractivity contribution in [2.45, 2.75) is 25.4 Å². The molecule has 1 atom stereocenters. The van der Waals surface area contributed by atoms with E-state index in [2.05, 4.69) is 0 Å². The predicted molar refractivity (Wildman–Crippen MR) is 70.1 cm³/mol. The van der Waals surface area contributed by atoms with Gasteiger partial charge in [-0.25, -0.2) is 0 Å². The Balaban J connectivity index is 1.93. The molecule has 0 spiro atoms. The number of hydrogen-bond donors (Lipinski definition) is 2. The van der Waals surface area contributed by atoms with E-state index in [4.69, 9.17) is 14.9 Å². The number of aliphatic hydroxyl groups is 1. The Labute approximate surface area is 112 Å². The van der Waals surface area contributed by atoms with Crippen molar-refractivity contribution in [2.24, 2.45) is 0 Å². The van der Waals surface area contributed by atoms with Crippen molar-refractivity contribution in [3.05, 3.63) is 29.8 Å². The quantitative estimate of drug-likeness (QED) is 0.806. The molecular formula is C14H19NO4. The van der Waals surface area contributed by atoms with Gasteiger partial charge in [-0.1, -0.05) is 12.1 Å². The van der Waals surface area contributed by atoms with Crippen LogP contribution in [-0.2, 0) is 11.3 Å². The second-order valence-corrected chi connectivity index (χ2v) is 4.68. The van der Waals surface area contributed by atoms with Crippen LogP contribution in [0.1, 0.15) is 18.4 Å². The van der Waals surface area contributed by atoms with Crippen LogP contribution < -0.4 is 4.74 Å². The summed E-state index contributed by atoms with van der Waals surface area (Å²) in [7, 11) is 0. The fourth-order valence-corrected chi connectivity index (χ4v) is 2.38. The third-order valence-corrected chi connectivity index (χ3v) is 3.32. The third kappa shape index (κ3) is 3.68. The van der Waals surface area contributed by atoms with Crippen LogP contribution in [0.25, 0.3) is 0 Å². The van der Waals surface area contributed by atoms with Gasteiger partial charge in [0.2, 0.25) is 0 Å². The van der Waals surface area contributed by atoms with E-state index >= 15 is 0 Å². The van der Waals surface area contributed by atoms with Gasteiger partial charge in [-0.15, -0.1) is 0 Å². The van der Waals surface area contributed by atoms with E-state index in [-0.39, 0.29) is 19.3 Å². The molecule has 2 N–H and O–H groups in total. The van der Waals surface area contributed by atoms with E-state index in [1.54, 1.807) is 0 Å². The molecule has 0 aliphatic carbocycles. The maximum Gasteiger partial charge on any atom is 0.320 e. The summed E-state index contributed by atoms with van der Waals surface area (Å²) in [5.74, 6) is -0.0191. The lowest BCUT2D eigenvalue weighted by Crippen LogP contribution is -2.35. The van der Waals surface area contributed by atoms with E-state index < -0.39 is 5.97 Å². The Morgan fingerprint density at radius 2 is 2.11 bits per heavy atom. The number of aliphatic hydroxyl groups excluding tert-OH is 1. The summed E-state index contributed by atoms with van der Waals surface area (Å²) in [6, 6.07) is 7.20. The topological polar surface area (TPSA) is 70.0 Å². The smallest absolute Gasteiger partial charge is 0.320 e. The van der Waals surface area contributed by atoms with Crippen molar-refractivity contribution in [3.8, 4) is 5.75 Å². The number of aliphatic carboxylic acids is 1. The Morgan fingerprint density at radius 3 is 2.74 bits per heavy atom. The zero-order chi connectivity index (χ0) is 13.7. The minimum absolute atomic E-state index is 0.00415. The molecule has 2 rings (SSSR count). The van der Waals surface area contributed by atoms with E-state index in [0.29, 0.717) is 12.3 Å². The molecule has 1 fully saturated rings. The zero-order valence-electron chi connectivity index (χ0n) is 10.8. The van der Waals surface area contributed by atoms with Gasteiger partial charge in [0.1, 0.15) is 18.4 Å². The molecule has 104 valence electrons. The monoisotopic (exact) mass is 265 g/mol. The van der Waals surface area contributed by atoms with Crippen molar-refractivity contribution in [1.82, 2.24) is 4.90 Å². The van der Waals surface area contributed by atoms with Gasteiger partial charge in [-0.2, -0.15) is 0 Å². The Hall–Kier alpha value is -1.59. The molecule has 1 aliphatic rings. The highest BCUT2D eigenvalue weighted by Gasteiger charge is 2.30. The second kappa shape index (κ2) is 6.54. The predicted octanol–water partition coefficient (Wildman–Crippen LogP) is 1.11. The van der Waals surface area contributed by atoms with Gasteiger partial charge in [-0.05, 0) is 37.1 Å². The molecule has 0 saturated carbocycles. The van der Waals surface area contributed by atoms with Crippen LogP contribution in [0.15, 0.2) is 24.3 Å². The van der Waals surface area contributed by atoms with E-state index in [1.807, 2.05) is 29.2 Å². The molecule has 1 aromatic rings. The van der Waals surface area contributed by atoms with E-state index in [9.17, 15) is 4.79 Å². The van der Waals surface area contributed by atoms with Crippen LogP contribution in [0.3, 0.4) is 0 Å². The van der Waals surface area contributed by atoms with Crippen molar-refractivity contribution in [2.75, 3.05) is 19.8 Å². The third-order valence-electron chi connectivity index (χ3n) is 3.32. The summed E-state index contributed by atoms with van der Waals surface area (Å²) in [5, 5.41) is 17.8. The van der Waals surface area contributed by atoms with Crippen LogP contribution in [0.4, 0.5) is 0 Å². The van der Waals surface area contributed by atoms with Gasteiger partial charge < -0.3 is 14.9 Å². The Bertz CT molecular complexity index is 418. The zero-order valence-corrected chi connectivity index (χ0v) is 10.8. The molecule has 1 aliphatic heterocycles. The molecule has 0 bridgehead atoms. The number of carbonyl (C=O) groups is 1. The number of nitrogens with zero attached hydrogens (tertiary/aromatic N) is 1. The largest absolute Gasteiger partial charge is 0.491 e. The van der Waals surface area contributed by atoms with Crippen molar-refractivity contribution >= 4 is 5.97 Å². The highest BCUT2D eigenvalue weighted by molar-refractivity contribution is 5.73. The first-order valence-corrected chi connectivity index (χ1v) is 6.50. The second-order valence-electron chi connectivity index (χ2n) is 4.68. The molecule has 5 nitrogen and oxygen atoms in total. The van der Waals surface area contributed by atoms with Crippen LogP contribution >= 0.6 is 0 Å². The highest BCUT2D eigenvalue weighted by atomic mass is 16.5. The number of likely N-dealkylation sites (tertiary alicyclic amines) is 1. The number of rotatable bonds is 6. The maximum atomic E-state index is 11.1. The first-order valence-electron chi connectivity index (χ1n) is 6.50. The average molecular weight is 265 g/mol. The minimum atomic E-state index is -0.736. The number of benzene rings is 1. The number of hydrogen-bond acceptors (Lipinski definition) is 4. The fraction of sp³-hybridized carbons (Fsp3) is 0.500. The van der Waals surface area contributed by atoms with Crippen LogP contribution in [-0.4, -0.2) is 46.9 Å². The lowest BCUT2D eigenvalue weighted by atomic mass is 10.2. The standard InChI is InChI=1S/C14H19NO4/c16-8-9-19-12-5-3-11(4-6-12)10-15-7-1-2-13(15)14(17)18/h3-6,13,16H,1-2,7-10H2,(H,17,18). The molecular weight excluding hydrogens is 246 g/mol. The first kappa shape index (κ1) is 13.8. The molecule has 1 heterocycles. The van der Waals surface area contributed by atoms with Gasteiger partial charge in [0.15, 0.2) is 0 Å². The van der Waals surface area contributed by atoms with Crippen LogP contribution in [0.2, 0.25) is 0 Å². The van der Waals surface area contributed by atoms with Gasteiger partial charge in [-0.3, -0.25) is 9.69 Å². The molecule has 1 unspecified atom stereocenters. The summed E-state index contributed by atoms with van der Waals surface area (Å²) < 4.78 is 5.28. The summed E-state index contributed by atoms with van der Waals surface area (Å²) in [6.45, 7) is 1.76. The number of carboxylic acids is 1. The van der Waals surface area contributed by atoms with Gasteiger partial charge in [0.05, 0.1) is 6.61 Å². The van der Waals surface area contributed by atoms with Crippen LogP contribution in [0, 0.1) is 0 Å². The summed E-state index contributed by atoms with van der Waals surface area (Å²) >= 11 is 0. The fourth-order valence-electron chi connectivity index (χ4n) is 2.38. The van der Waals surface area contributed by atoms with Crippen LogP contribution in [0.5, 0.6) is 5.75 Å². The van der Waals surface area contributed by atoms with E-state index in [1.165, 1.54) is 0 Å². The minimum Gasteiger partial charge on any atom is -0.491 e. The maximum absolute atomic E-state index is 11.1. The molecule has 0 amide bonds. The Kier molecular flexibility index (Phi) is 4.76. The Morgan fingerprint density at radius 1 is 1.37 bits per heavy atom. The number of carboxylic acid groups (broad SMARTS) is 1. The first-order chi connectivity index (χ1) is 9.20. The van der Waals surface area contributed by atoms with Gasteiger partial charge in [0.25, 0.3) is 0 Å². The summed E-state index contributed by atoms with van der Waals surface area (Å²) in [5.41, 5.74) is 1.07. The molecule has 1 aromatic carbocycles. The lowest BCUT2D eigenvalue weighted by Gasteiger charge is -2.21. The van der Waals surface area contributed by atoms with E-state index in [0.717, 1.165) is 24.9 Å². The SMILES string of the molecule is O=C(O)C1CCCN1Cc1ccc(OCCO)cc1. The molecule has 1 saturated heterocycles. The number of ether oxygens (including phenoxy) is 1. The van der Waals surface area contributed by atoms with Gasteiger partial charge >= 0.3 is 5.97 Å². The molecule has 0 aromatic heterocycles. The molecule has 19 heavy (non-hydrogen) atoms. The van der Waals surface area contributed by atoms with Gasteiger partial charge in [0, 0.05) is 6.54 Å². The van der Waals surface area contributed by atoms with Crippen molar-refractivity contribution in [3.63, 3.8) is 0 Å². The average Bonchev–Trinajstić information content (AvgIpc) is 2.86. The molecule has 0 radical (unpaired) electrons. The summed E-state index contributed by atoms with van der Waals surface area (Å²) in [6.07, 6.45) is 1.67. The van der Waals surface area contributed by atoms with Crippen molar-refractivity contribution < 1.29 is 19.7 Å².